The predicted molar refractivity (Wildman–Crippen MR) is 66.5 cm³/mol. The molecule has 1 aliphatic heterocycles. The van der Waals surface area contributed by atoms with Gasteiger partial charge >= 0.3 is 0 Å². The zero-order chi connectivity index (χ0) is 11.7. The number of anilines is 1. The quantitative estimate of drug-likeness (QED) is 0.784. The Bertz CT molecular complexity index is 404. The lowest BCUT2D eigenvalue weighted by molar-refractivity contribution is 0.303. The van der Waals surface area contributed by atoms with Gasteiger partial charge in [0.05, 0.1) is 12.8 Å². The largest absolute Gasteiger partial charge is 0.476 e. The van der Waals surface area contributed by atoms with Gasteiger partial charge < -0.3 is 9.64 Å². The molecule has 3 rings (SSSR count). The van der Waals surface area contributed by atoms with Crippen molar-refractivity contribution < 1.29 is 4.74 Å². The molecule has 2 heterocycles. The Morgan fingerprint density at radius 3 is 2.94 bits per heavy atom. The van der Waals surface area contributed by atoms with Crippen LogP contribution in [0.15, 0.2) is 6.20 Å². The van der Waals surface area contributed by atoms with Crippen LogP contribution in [0.5, 0.6) is 5.88 Å². The van der Waals surface area contributed by atoms with E-state index in [-0.39, 0.29) is 0 Å². The minimum Gasteiger partial charge on any atom is -0.476 e. The molecular formula is C13H19N3O. The molecule has 0 bridgehead atoms. The summed E-state index contributed by atoms with van der Waals surface area (Å²) in [6, 6.07) is 0.646. The maximum Gasteiger partial charge on any atom is 0.237 e. The molecule has 1 fully saturated rings. The van der Waals surface area contributed by atoms with Gasteiger partial charge in [0.15, 0.2) is 5.82 Å². The predicted octanol–water partition coefficient (Wildman–Crippen LogP) is 2.18. The summed E-state index contributed by atoms with van der Waals surface area (Å²) in [6.07, 6.45) is 9.03. The molecule has 92 valence electrons. The lowest BCUT2D eigenvalue weighted by Crippen LogP contribution is -2.37. The fourth-order valence-electron chi connectivity index (χ4n) is 2.37. The minimum atomic E-state index is 0.646. The van der Waals surface area contributed by atoms with Gasteiger partial charge in [-0.2, -0.15) is 4.98 Å². The highest BCUT2D eigenvalue weighted by Gasteiger charge is 2.24. The zero-order valence-electron chi connectivity index (χ0n) is 10.4. The van der Waals surface area contributed by atoms with E-state index in [1.807, 2.05) is 6.20 Å². The van der Waals surface area contributed by atoms with Crippen molar-refractivity contribution in [1.29, 1.82) is 0 Å². The molecule has 1 saturated carbocycles. The first-order valence-corrected chi connectivity index (χ1v) is 6.56. The van der Waals surface area contributed by atoms with Crippen molar-refractivity contribution in [2.75, 3.05) is 18.6 Å². The summed E-state index contributed by atoms with van der Waals surface area (Å²) >= 11 is 0. The Balaban J connectivity index is 1.83. The van der Waals surface area contributed by atoms with Crippen molar-refractivity contribution in [3.8, 4) is 5.88 Å². The molecular weight excluding hydrogens is 214 g/mol. The molecule has 1 aromatic heterocycles. The van der Waals surface area contributed by atoms with Crippen LogP contribution in [0.2, 0.25) is 0 Å². The lowest BCUT2D eigenvalue weighted by Gasteiger charge is -2.35. The first-order chi connectivity index (χ1) is 8.34. The molecule has 1 aromatic rings. The molecule has 4 nitrogen and oxygen atoms in total. The highest BCUT2D eigenvalue weighted by atomic mass is 16.5. The monoisotopic (exact) mass is 233 g/mol. The van der Waals surface area contributed by atoms with E-state index in [2.05, 4.69) is 21.9 Å². The molecule has 0 radical (unpaired) electrons. The van der Waals surface area contributed by atoms with Crippen molar-refractivity contribution in [2.24, 2.45) is 0 Å². The van der Waals surface area contributed by atoms with Gasteiger partial charge in [0.2, 0.25) is 5.88 Å². The fraction of sp³-hybridized carbons (Fsp3) is 0.692. The van der Waals surface area contributed by atoms with Crippen LogP contribution >= 0.6 is 0 Å². The van der Waals surface area contributed by atoms with Crippen LogP contribution in [0.1, 0.15) is 37.8 Å². The van der Waals surface area contributed by atoms with E-state index in [4.69, 9.17) is 4.74 Å². The number of ether oxygens (including phenoxy) is 1. The number of hydrogen-bond acceptors (Lipinski definition) is 4. The van der Waals surface area contributed by atoms with Crippen molar-refractivity contribution in [3.63, 3.8) is 0 Å². The van der Waals surface area contributed by atoms with Crippen molar-refractivity contribution >= 4 is 5.82 Å². The summed E-state index contributed by atoms with van der Waals surface area (Å²) in [5.74, 6) is 1.71. The number of hydrogen-bond donors (Lipinski definition) is 0. The van der Waals surface area contributed by atoms with Gasteiger partial charge in [0.1, 0.15) is 5.69 Å². The van der Waals surface area contributed by atoms with Crippen LogP contribution in [0.3, 0.4) is 0 Å². The zero-order valence-corrected chi connectivity index (χ0v) is 10.4. The number of aryl methyl sites for hydroxylation is 1. The second-order valence-electron chi connectivity index (χ2n) is 4.98. The third-order valence-corrected chi connectivity index (χ3v) is 3.83. The molecule has 0 spiro atoms. The van der Waals surface area contributed by atoms with Gasteiger partial charge in [0.25, 0.3) is 0 Å². The van der Waals surface area contributed by atoms with E-state index in [1.165, 1.54) is 19.3 Å². The van der Waals surface area contributed by atoms with Gasteiger partial charge in [-0.1, -0.05) is 0 Å². The van der Waals surface area contributed by atoms with E-state index < -0.39 is 0 Å². The van der Waals surface area contributed by atoms with Crippen LogP contribution in [-0.2, 0) is 6.42 Å². The third-order valence-electron chi connectivity index (χ3n) is 3.83. The molecule has 4 heteroatoms. The normalized spacial score (nSPS) is 19.8. The van der Waals surface area contributed by atoms with E-state index >= 15 is 0 Å². The van der Waals surface area contributed by atoms with E-state index in [0.717, 1.165) is 43.3 Å². The van der Waals surface area contributed by atoms with Gasteiger partial charge in [-0.05, 0) is 38.5 Å². The Morgan fingerprint density at radius 2 is 2.18 bits per heavy atom. The Morgan fingerprint density at radius 1 is 1.29 bits per heavy atom. The van der Waals surface area contributed by atoms with E-state index in [1.54, 1.807) is 0 Å². The molecule has 0 amide bonds. The van der Waals surface area contributed by atoms with Crippen LogP contribution in [-0.4, -0.2) is 29.7 Å². The van der Waals surface area contributed by atoms with Crippen LogP contribution in [0, 0.1) is 0 Å². The highest BCUT2D eigenvalue weighted by molar-refractivity contribution is 5.40. The van der Waals surface area contributed by atoms with Gasteiger partial charge in [0, 0.05) is 13.1 Å². The maximum absolute atomic E-state index is 5.67. The molecule has 0 unspecified atom stereocenters. The number of rotatable bonds is 2. The van der Waals surface area contributed by atoms with Gasteiger partial charge in [-0.3, -0.25) is 4.98 Å². The maximum atomic E-state index is 5.67. The summed E-state index contributed by atoms with van der Waals surface area (Å²) in [4.78, 5) is 11.4. The summed E-state index contributed by atoms with van der Waals surface area (Å²) < 4.78 is 5.67. The molecule has 0 saturated heterocycles. The van der Waals surface area contributed by atoms with Gasteiger partial charge in [-0.25, -0.2) is 0 Å². The number of aromatic nitrogens is 2. The second kappa shape index (κ2) is 4.51. The van der Waals surface area contributed by atoms with E-state index in [0.29, 0.717) is 6.04 Å². The lowest BCUT2D eigenvalue weighted by atomic mass is 9.92. The van der Waals surface area contributed by atoms with Crippen LogP contribution in [0.25, 0.3) is 0 Å². The smallest absolute Gasteiger partial charge is 0.237 e. The molecule has 0 atom stereocenters. The Hall–Kier alpha value is -1.32. The van der Waals surface area contributed by atoms with E-state index in [9.17, 15) is 0 Å². The average molecular weight is 233 g/mol. The first kappa shape index (κ1) is 10.8. The standard InChI is InChI=1S/C13H19N3O/c1-16(10-5-4-6-10)12-9-14-11-7-2-3-8-17-13(11)15-12/h9-10H,2-8H2,1H3. The summed E-state index contributed by atoms with van der Waals surface area (Å²) in [6.45, 7) is 0.776. The minimum absolute atomic E-state index is 0.646. The third kappa shape index (κ3) is 2.08. The Kier molecular flexibility index (Phi) is 2.87. The molecule has 0 N–H and O–H groups in total. The average Bonchev–Trinajstić information content (AvgIpc) is 2.50. The number of fused-ring (bicyclic) bond motifs is 1. The highest BCUT2D eigenvalue weighted by Crippen LogP contribution is 2.29. The second-order valence-corrected chi connectivity index (χ2v) is 4.98. The Labute approximate surface area is 102 Å². The topological polar surface area (TPSA) is 38.2 Å². The van der Waals surface area contributed by atoms with Gasteiger partial charge in [-0.15, -0.1) is 0 Å². The van der Waals surface area contributed by atoms with Crippen molar-refractivity contribution in [3.05, 3.63) is 11.9 Å². The summed E-state index contributed by atoms with van der Waals surface area (Å²) in [5, 5.41) is 0. The number of nitrogens with zero attached hydrogens (tertiary/aromatic N) is 3. The van der Waals surface area contributed by atoms with Crippen molar-refractivity contribution in [1.82, 2.24) is 9.97 Å². The van der Waals surface area contributed by atoms with Crippen LogP contribution in [0.4, 0.5) is 5.82 Å². The molecule has 2 aliphatic rings. The summed E-state index contributed by atoms with van der Waals surface area (Å²) in [7, 11) is 2.11. The van der Waals surface area contributed by atoms with Crippen molar-refractivity contribution in [2.45, 2.75) is 44.6 Å². The SMILES string of the molecule is CN(c1cnc2c(n1)OCCCC2)C1CCC1. The molecule has 17 heavy (non-hydrogen) atoms. The fourth-order valence-corrected chi connectivity index (χ4v) is 2.37. The molecule has 0 aromatic carbocycles. The van der Waals surface area contributed by atoms with Crippen LogP contribution < -0.4 is 9.64 Å². The summed E-state index contributed by atoms with van der Waals surface area (Å²) in [5.41, 5.74) is 1.02. The first-order valence-electron chi connectivity index (χ1n) is 6.56. The molecule has 1 aliphatic carbocycles.